The number of carbonyl (C=O) groups excluding carboxylic acids is 4. The maximum absolute atomic E-state index is 12.8. The van der Waals surface area contributed by atoms with Crippen molar-refractivity contribution in [2.45, 2.75) is 83.8 Å². The van der Waals surface area contributed by atoms with Crippen molar-refractivity contribution in [3.8, 4) is 17.2 Å². The number of methoxy groups -OCH3 is 1. The normalized spacial score (nSPS) is 12.7. The van der Waals surface area contributed by atoms with Crippen LogP contribution in [0.2, 0.25) is 0 Å². The highest BCUT2D eigenvalue weighted by molar-refractivity contribution is 5.81. The van der Waals surface area contributed by atoms with Gasteiger partial charge >= 0.3 is 24.4 Å². The summed E-state index contributed by atoms with van der Waals surface area (Å²) in [5.74, 6) is -0.712. The Labute approximate surface area is 258 Å². The Morgan fingerprint density at radius 2 is 1.36 bits per heavy atom. The van der Waals surface area contributed by atoms with Crippen LogP contribution in [0, 0.1) is 0 Å². The fourth-order valence-corrected chi connectivity index (χ4v) is 4.20. The number of rotatable bonds is 17. The van der Waals surface area contributed by atoms with Gasteiger partial charge in [0.2, 0.25) is 0 Å². The highest BCUT2D eigenvalue weighted by Gasteiger charge is 2.38. The highest BCUT2D eigenvalue weighted by atomic mass is 16.7. The van der Waals surface area contributed by atoms with Gasteiger partial charge in [-0.05, 0) is 49.6 Å². The van der Waals surface area contributed by atoms with Gasteiger partial charge in [0.05, 0.1) is 20.3 Å². The van der Waals surface area contributed by atoms with Crippen molar-refractivity contribution in [1.29, 1.82) is 0 Å². The Kier molecular flexibility index (Phi) is 15.5. The van der Waals surface area contributed by atoms with Gasteiger partial charge in [-0.15, -0.1) is 0 Å². The van der Waals surface area contributed by atoms with E-state index in [2.05, 4.69) is 0 Å². The van der Waals surface area contributed by atoms with E-state index in [9.17, 15) is 19.2 Å². The van der Waals surface area contributed by atoms with Gasteiger partial charge in [0.25, 0.3) is 0 Å². The average molecular weight is 618 g/mol. The summed E-state index contributed by atoms with van der Waals surface area (Å²) in [4.78, 5) is 49.8. The van der Waals surface area contributed by atoms with E-state index in [4.69, 9.17) is 38.9 Å². The van der Waals surface area contributed by atoms with Crippen LogP contribution in [0.1, 0.15) is 71.3 Å². The molecule has 0 aromatic heterocycles. The second-order valence-corrected chi connectivity index (χ2v) is 10.2. The van der Waals surface area contributed by atoms with Gasteiger partial charge in [-0.1, -0.05) is 63.8 Å². The van der Waals surface area contributed by atoms with Gasteiger partial charge in [-0.25, -0.2) is 14.4 Å². The molecule has 2 aromatic rings. The molecular formula is C32H43NO11. The molecule has 0 aliphatic rings. The van der Waals surface area contributed by atoms with E-state index in [0.29, 0.717) is 24.2 Å². The molecule has 12 heteroatoms. The molecular weight excluding hydrogens is 574 g/mol. The number of hydrogen-bond acceptors (Lipinski definition) is 12. The summed E-state index contributed by atoms with van der Waals surface area (Å²) in [5.41, 5.74) is 5.27. The predicted molar refractivity (Wildman–Crippen MR) is 160 cm³/mol. The van der Waals surface area contributed by atoms with Crippen molar-refractivity contribution < 1.29 is 52.3 Å². The largest absolute Gasteiger partial charge is 0.514 e. The molecule has 0 radical (unpaired) electrons. The molecule has 2 aromatic carbocycles. The maximum atomic E-state index is 12.8. The second-order valence-electron chi connectivity index (χ2n) is 10.2. The zero-order chi connectivity index (χ0) is 32.4. The van der Waals surface area contributed by atoms with Gasteiger partial charge in [0.1, 0.15) is 17.4 Å². The van der Waals surface area contributed by atoms with E-state index in [-0.39, 0.29) is 37.6 Å². The zero-order valence-electron chi connectivity index (χ0n) is 25.8. The van der Waals surface area contributed by atoms with Crippen LogP contribution < -0.4 is 19.9 Å². The smallest absolute Gasteiger partial charge is 0.468 e. The third-order valence-corrected chi connectivity index (χ3v) is 6.34. The Morgan fingerprint density at radius 1 is 0.773 bits per heavy atom. The molecule has 2 N–H and O–H groups in total. The predicted octanol–water partition coefficient (Wildman–Crippen LogP) is 6.51. The average Bonchev–Trinajstić information content (AvgIpc) is 2.98. The standard InChI is InChI=1S/C32H43NO11/c1-5-7-12-18-39-29(35)43-26-17-16-24(20-27(26)44-30(36)40-19-13-8-6-2)22-32(33,28(34)38-4)21-23(3)41-31(37)42-25-14-10-9-11-15-25/h9-11,14-17,20,23H,5-8,12-13,18-19,21-22,33H2,1-4H3/t23?,32-/m1/s1. The molecule has 0 spiro atoms. The third kappa shape index (κ3) is 12.9. The molecule has 1 unspecified atom stereocenters. The van der Waals surface area contributed by atoms with Crippen LogP contribution in [0.3, 0.4) is 0 Å². The minimum atomic E-state index is -1.67. The fourth-order valence-electron chi connectivity index (χ4n) is 4.20. The van der Waals surface area contributed by atoms with E-state index < -0.39 is 36.1 Å². The van der Waals surface area contributed by atoms with Crippen LogP contribution in [0.25, 0.3) is 0 Å². The topological polar surface area (TPSA) is 159 Å². The lowest BCUT2D eigenvalue weighted by Gasteiger charge is -2.29. The zero-order valence-corrected chi connectivity index (χ0v) is 25.8. The first kappa shape index (κ1) is 35.9. The monoisotopic (exact) mass is 617 g/mol. The first-order valence-corrected chi connectivity index (χ1v) is 14.7. The Hall–Kier alpha value is -4.32. The van der Waals surface area contributed by atoms with Gasteiger partial charge in [-0.2, -0.15) is 0 Å². The number of hydrogen-bond donors (Lipinski definition) is 1. The molecule has 0 fully saturated rings. The summed E-state index contributed by atoms with van der Waals surface area (Å²) >= 11 is 0. The molecule has 0 aliphatic heterocycles. The van der Waals surface area contributed by atoms with Gasteiger partial charge in [-0.3, -0.25) is 4.79 Å². The maximum Gasteiger partial charge on any atom is 0.514 e. The van der Waals surface area contributed by atoms with Crippen molar-refractivity contribution in [1.82, 2.24) is 0 Å². The SMILES string of the molecule is CCCCCOC(=O)Oc1ccc(C[C@](N)(CC(C)OC(=O)Oc2ccccc2)C(=O)OC)cc1OC(=O)OCCCCC. The molecule has 44 heavy (non-hydrogen) atoms. The molecule has 0 heterocycles. The first-order chi connectivity index (χ1) is 21.1. The third-order valence-electron chi connectivity index (χ3n) is 6.34. The number of unbranched alkanes of at least 4 members (excludes halogenated alkanes) is 4. The van der Waals surface area contributed by atoms with Gasteiger partial charge < -0.3 is 38.9 Å². The summed E-state index contributed by atoms with van der Waals surface area (Å²) in [6.07, 6.45) is 0.957. The highest BCUT2D eigenvalue weighted by Crippen LogP contribution is 2.32. The minimum absolute atomic E-state index is 0.0965. The minimum Gasteiger partial charge on any atom is -0.468 e. The van der Waals surface area contributed by atoms with Crippen molar-refractivity contribution in [2.75, 3.05) is 20.3 Å². The van der Waals surface area contributed by atoms with Crippen molar-refractivity contribution in [3.05, 3.63) is 54.1 Å². The molecule has 0 bridgehead atoms. The van der Waals surface area contributed by atoms with Crippen molar-refractivity contribution >= 4 is 24.4 Å². The van der Waals surface area contributed by atoms with Crippen LogP contribution in [0.15, 0.2) is 48.5 Å². The lowest BCUT2D eigenvalue weighted by molar-refractivity contribution is -0.148. The van der Waals surface area contributed by atoms with E-state index >= 15 is 0 Å². The van der Waals surface area contributed by atoms with E-state index in [0.717, 1.165) is 25.7 Å². The van der Waals surface area contributed by atoms with Crippen LogP contribution in [0.5, 0.6) is 17.2 Å². The first-order valence-electron chi connectivity index (χ1n) is 14.7. The molecule has 12 nitrogen and oxygen atoms in total. The van der Waals surface area contributed by atoms with Crippen LogP contribution >= 0.6 is 0 Å². The van der Waals surface area contributed by atoms with E-state index in [1.54, 1.807) is 43.3 Å². The van der Waals surface area contributed by atoms with E-state index in [1.165, 1.54) is 19.2 Å². The summed E-state index contributed by atoms with van der Waals surface area (Å²) in [6.45, 7) is 5.93. The molecule has 2 atom stereocenters. The Bertz CT molecular complexity index is 1200. The summed E-state index contributed by atoms with van der Waals surface area (Å²) in [6, 6.07) is 12.7. The van der Waals surface area contributed by atoms with E-state index in [1.807, 2.05) is 13.8 Å². The van der Waals surface area contributed by atoms with Crippen LogP contribution in [-0.2, 0) is 30.2 Å². The molecule has 2 rings (SSSR count). The van der Waals surface area contributed by atoms with Gasteiger partial charge in [0.15, 0.2) is 11.5 Å². The number of para-hydroxylation sites is 1. The number of carbonyl (C=O) groups is 4. The number of ether oxygens (including phenoxy) is 7. The van der Waals surface area contributed by atoms with Crippen molar-refractivity contribution in [3.63, 3.8) is 0 Å². The summed E-state index contributed by atoms with van der Waals surface area (Å²) < 4.78 is 36.3. The Morgan fingerprint density at radius 3 is 1.93 bits per heavy atom. The second kappa shape index (κ2) is 19.1. The number of benzene rings is 2. The lowest BCUT2D eigenvalue weighted by atomic mass is 9.86. The number of nitrogens with two attached hydrogens (primary N) is 1. The molecule has 0 aliphatic carbocycles. The molecule has 242 valence electrons. The summed E-state index contributed by atoms with van der Waals surface area (Å²) in [7, 11) is 1.19. The fraction of sp³-hybridized carbons (Fsp3) is 0.500. The van der Waals surface area contributed by atoms with Crippen LogP contribution in [-0.4, -0.2) is 56.4 Å². The molecule has 0 saturated carbocycles. The summed E-state index contributed by atoms with van der Waals surface area (Å²) in [5, 5.41) is 0. The van der Waals surface area contributed by atoms with Gasteiger partial charge in [0, 0.05) is 12.8 Å². The molecule has 0 amide bonds. The number of esters is 1. The quantitative estimate of drug-likeness (QED) is 0.0889. The lowest BCUT2D eigenvalue weighted by Crippen LogP contribution is -2.53. The Balaban J connectivity index is 2.20. The van der Waals surface area contributed by atoms with Crippen LogP contribution in [0.4, 0.5) is 14.4 Å². The van der Waals surface area contributed by atoms with Crippen molar-refractivity contribution in [2.24, 2.45) is 5.73 Å². The molecule has 0 saturated heterocycles.